The van der Waals surface area contributed by atoms with Gasteiger partial charge in [-0.1, -0.05) is 182 Å². The molecule has 14 nitrogen and oxygen atoms in total. The number of piperidine rings is 1. The minimum Gasteiger partial charge on any atom is -0.504 e. The molecule has 0 bridgehead atoms. The van der Waals surface area contributed by atoms with Crippen molar-refractivity contribution in [2.24, 2.45) is 23.7 Å². The molecule has 5 aromatic carbocycles. The summed E-state index contributed by atoms with van der Waals surface area (Å²) < 4.78 is 39.6. The normalized spacial score (nSPS) is 14.3. The number of esters is 1. The molecule has 5 aromatic rings. The van der Waals surface area contributed by atoms with Crippen LogP contribution in [-0.2, 0) is 14.3 Å². The second kappa shape index (κ2) is 45.9. The molecular weight excluding hydrogens is 1230 g/mol. The third-order valence-electron chi connectivity index (χ3n) is 16.4. The van der Waals surface area contributed by atoms with Crippen LogP contribution in [0, 0.1) is 40.8 Å². The molecule has 2 saturated heterocycles. The maximum absolute atomic E-state index is 13.2. The van der Waals surface area contributed by atoms with E-state index >= 15 is 0 Å². The molecule has 2 aliphatic heterocycles. The molecule has 0 atom stereocenters. The number of hydrogen-bond donors (Lipinski definition) is 3. The van der Waals surface area contributed by atoms with Gasteiger partial charge in [0.05, 0.1) is 63.3 Å². The molecule has 3 fully saturated rings. The number of urea groups is 1. The summed E-state index contributed by atoms with van der Waals surface area (Å²) >= 11 is 5.82. The van der Waals surface area contributed by atoms with Crippen molar-refractivity contribution in [1.29, 1.82) is 5.26 Å². The molecule has 8 rings (SSSR count). The van der Waals surface area contributed by atoms with Crippen LogP contribution >= 0.6 is 11.6 Å². The Bertz CT molecular complexity index is 3150. The van der Waals surface area contributed by atoms with Crippen LogP contribution in [0.25, 0.3) is 12.2 Å². The van der Waals surface area contributed by atoms with E-state index < -0.39 is 0 Å². The van der Waals surface area contributed by atoms with Gasteiger partial charge in [-0.25, -0.2) is 14.0 Å². The van der Waals surface area contributed by atoms with E-state index in [1.54, 1.807) is 53.4 Å². The molecule has 0 radical (unpaired) electrons. The fraction of sp³-hybridized carbons (Fsp3) is 0.525. The van der Waals surface area contributed by atoms with Gasteiger partial charge in [-0.2, -0.15) is 5.26 Å². The smallest absolute Gasteiger partial charge is 0.337 e. The van der Waals surface area contributed by atoms with Gasteiger partial charge >= 0.3 is 12.0 Å². The largest absolute Gasteiger partial charge is 0.504 e. The van der Waals surface area contributed by atoms with Crippen LogP contribution in [-0.4, -0.2) is 106 Å². The Kier molecular flexibility index (Phi) is 39.7. The first-order valence-corrected chi connectivity index (χ1v) is 35.3. The average Bonchev–Trinajstić information content (AvgIpc) is 0.960. The predicted octanol–water partition coefficient (Wildman–Crippen LogP) is 20.4. The molecule has 2 heterocycles. The van der Waals surface area contributed by atoms with Crippen molar-refractivity contribution in [1.82, 2.24) is 9.80 Å². The molecule has 3 N–H and O–H groups in total. The number of carbonyl (C=O) groups excluding carboxylic acids is 3. The Balaban J connectivity index is 0.000000306. The summed E-state index contributed by atoms with van der Waals surface area (Å²) in [5.41, 5.74) is 7.44. The van der Waals surface area contributed by atoms with Crippen molar-refractivity contribution >= 4 is 53.0 Å². The molecular formula is C80H115ClFN5O9. The standard InChI is InChI=1S/C18H28N2O2.C16H24N2O3.C14H15NO2.C11H12ClF.C11H16O2.C10H20/c1-4-22-17-9-8-15(12-16(17)14(2)3)19-18(21)13-20-10-6-5-7-11-20;1-4-21-15-6-5-13(11-14(15)12(2)3)17-16(19)18-7-9-20-10-8-18;1-10(2)13(9-15)8-11-4-6-12(7-5-11)14(16)17-3;1-8(2)6-7-9-10(12)4-3-5-11(9)13;1-4-13-10-7-5-6-9(8(2)3)11(10)12;1-9(2)10-7-5-3-4-6-8-10/h8-9,12,14H,4-7,10-11,13H2,1-3H3,(H,19,21);5-6,11-12H,4,7-10H2,1-3H3,(H,17,19);4-8,10H,1-3H3;3-8H,1-2H3;5-8,12H,4H2,1-3H3;9-10H,3-8H2,1-2H3/b;;13-8+;7-6+;;. The van der Waals surface area contributed by atoms with Crippen molar-refractivity contribution in [3.8, 4) is 29.1 Å². The molecule has 96 heavy (non-hydrogen) atoms. The summed E-state index contributed by atoms with van der Waals surface area (Å²) in [5.74, 6) is 5.68. The number of ether oxygens (including phenoxy) is 5. The number of likely N-dealkylation sites (tertiary alicyclic amines) is 1. The SMILES string of the molecule is CC(C)/C=C/c1c(F)cccc1Cl.CC(C)C1CCCCCC1.CCOc1ccc(NC(=O)CN2CCCCC2)cc1C(C)C.CCOc1ccc(NC(=O)N2CCOCC2)cc1C(C)C.CCOc1cccc(C(C)C)c1O.COC(=O)c1ccc(/C=C(\C#N)C(C)C)cc1. The minimum atomic E-state index is -0.357. The molecule has 0 aromatic heterocycles. The second-order valence-corrected chi connectivity index (χ2v) is 26.5. The van der Waals surface area contributed by atoms with Gasteiger partial charge in [-0.05, 0) is 178 Å². The number of nitrogens with zero attached hydrogens (tertiary/aromatic N) is 3. The summed E-state index contributed by atoms with van der Waals surface area (Å²) in [6.07, 6.45) is 18.1. The van der Waals surface area contributed by atoms with Crippen LogP contribution in [0.15, 0.2) is 109 Å². The number of benzene rings is 5. The number of anilines is 2. The van der Waals surface area contributed by atoms with Crippen LogP contribution in [0.3, 0.4) is 0 Å². The van der Waals surface area contributed by atoms with E-state index in [0.29, 0.717) is 98.2 Å². The molecule has 0 unspecified atom stereocenters. The van der Waals surface area contributed by atoms with Crippen molar-refractivity contribution in [3.63, 3.8) is 0 Å². The summed E-state index contributed by atoms with van der Waals surface area (Å²) in [5, 5.41) is 25.1. The third-order valence-corrected chi connectivity index (χ3v) is 16.7. The summed E-state index contributed by atoms with van der Waals surface area (Å²) in [7, 11) is 1.35. The molecule has 3 aliphatic rings. The third kappa shape index (κ3) is 30.8. The Morgan fingerprint density at radius 3 is 1.67 bits per heavy atom. The number of hydrogen-bond acceptors (Lipinski definition) is 11. The average molecular weight is 1350 g/mol. The van der Waals surface area contributed by atoms with Crippen molar-refractivity contribution in [2.45, 2.75) is 179 Å². The number of phenols is 1. The Labute approximate surface area is 581 Å². The quantitative estimate of drug-likeness (QED) is 0.0408. The topological polar surface area (TPSA) is 172 Å². The van der Waals surface area contributed by atoms with E-state index in [4.69, 9.17) is 35.8 Å². The molecule has 528 valence electrons. The number of aromatic hydroxyl groups is 1. The number of allylic oxidation sites excluding steroid dienone is 2. The number of para-hydroxylation sites is 1. The van der Waals surface area contributed by atoms with Crippen molar-refractivity contribution in [2.75, 3.05) is 83.5 Å². The van der Waals surface area contributed by atoms with Gasteiger partial charge in [0.15, 0.2) is 11.5 Å². The number of amides is 3. The number of carbonyl (C=O) groups is 3. The van der Waals surface area contributed by atoms with Gasteiger partial charge in [-0.15, -0.1) is 0 Å². The van der Waals surface area contributed by atoms with E-state index in [0.717, 1.165) is 75.6 Å². The lowest BCUT2D eigenvalue weighted by atomic mass is 9.89. The maximum atomic E-state index is 13.2. The number of halogens is 2. The first-order chi connectivity index (χ1) is 45.9. The molecule has 1 saturated carbocycles. The number of morpholine rings is 1. The monoisotopic (exact) mass is 1340 g/mol. The molecule has 1 aliphatic carbocycles. The van der Waals surface area contributed by atoms with Crippen LogP contribution in [0.5, 0.6) is 23.0 Å². The number of phenolic OH excluding ortho intramolecular Hbond substituents is 1. The molecule has 16 heteroatoms. The maximum Gasteiger partial charge on any atom is 0.337 e. The van der Waals surface area contributed by atoms with Crippen LogP contribution < -0.4 is 24.8 Å². The number of rotatable bonds is 19. The zero-order chi connectivity index (χ0) is 71.1. The Hall–Kier alpha value is -7.38. The zero-order valence-electron chi connectivity index (χ0n) is 60.8. The van der Waals surface area contributed by atoms with Gasteiger partial charge in [0.2, 0.25) is 5.91 Å². The second-order valence-electron chi connectivity index (χ2n) is 26.1. The fourth-order valence-corrected chi connectivity index (χ4v) is 11.0. The summed E-state index contributed by atoms with van der Waals surface area (Å²) in [6, 6.07) is 31.1. The molecule has 0 spiro atoms. The number of methoxy groups -OCH3 is 1. The highest BCUT2D eigenvalue weighted by atomic mass is 35.5. The van der Waals surface area contributed by atoms with Gasteiger partial charge < -0.3 is 44.3 Å². The van der Waals surface area contributed by atoms with Gasteiger partial charge in [-0.3, -0.25) is 9.69 Å². The Morgan fingerprint density at radius 2 is 1.19 bits per heavy atom. The highest BCUT2D eigenvalue weighted by Crippen LogP contribution is 2.35. The first-order valence-electron chi connectivity index (χ1n) is 34.9. The lowest BCUT2D eigenvalue weighted by Crippen LogP contribution is -2.43. The lowest BCUT2D eigenvalue weighted by molar-refractivity contribution is -0.117. The summed E-state index contributed by atoms with van der Waals surface area (Å²) in [6.45, 7) is 38.1. The lowest BCUT2D eigenvalue weighted by Gasteiger charge is -2.27. The van der Waals surface area contributed by atoms with E-state index in [-0.39, 0.29) is 35.4 Å². The van der Waals surface area contributed by atoms with Crippen LogP contribution in [0.1, 0.15) is 218 Å². The molecule has 3 amide bonds. The number of nitrogens with one attached hydrogen (secondary N) is 2. The van der Waals surface area contributed by atoms with E-state index in [2.05, 4.69) is 67.9 Å². The zero-order valence-corrected chi connectivity index (χ0v) is 61.5. The van der Waals surface area contributed by atoms with Gasteiger partial charge in [0.1, 0.15) is 17.3 Å². The highest BCUT2D eigenvalue weighted by molar-refractivity contribution is 6.32. The highest BCUT2D eigenvalue weighted by Gasteiger charge is 2.20. The Morgan fingerprint density at radius 1 is 0.667 bits per heavy atom. The fourth-order valence-electron chi connectivity index (χ4n) is 10.8. The van der Waals surface area contributed by atoms with Gasteiger partial charge in [0, 0.05) is 41.2 Å². The summed E-state index contributed by atoms with van der Waals surface area (Å²) in [4.78, 5) is 39.6. The van der Waals surface area contributed by atoms with Crippen LogP contribution in [0.2, 0.25) is 5.02 Å². The van der Waals surface area contributed by atoms with Crippen molar-refractivity contribution in [3.05, 3.63) is 153 Å². The predicted molar refractivity (Wildman–Crippen MR) is 395 cm³/mol. The van der Waals surface area contributed by atoms with E-state index in [1.165, 1.54) is 71.0 Å². The van der Waals surface area contributed by atoms with Gasteiger partial charge in [0.25, 0.3) is 0 Å². The number of nitriles is 1. The minimum absolute atomic E-state index is 0.0702. The first kappa shape index (κ1) is 82.8. The van der Waals surface area contributed by atoms with E-state index in [1.807, 2.05) is 123 Å². The van der Waals surface area contributed by atoms with E-state index in [9.17, 15) is 23.9 Å². The van der Waals surface area contributed by atoms with Crippen molar-refractivity contribution < 1.29 is 47.6 Å². The van der Waals surface area contributed by atoms with Crippen LogP contribution in [0.4, 0.5) is 20.6 Å².